The van der Waals surface area contributed by atoms with Crippen molar-refractivity contribution in [3.8, 4) is 0 Å². The number of rotatable bonds is 2. The third-order valence-electron chi connectivity index (χ3n) is 1.87. The van der Waals surface area contributed by atoms with Crippen molar-refractivity contribution in [2.45, 2.75) is 6.10 Å². The van der Waals surface area contributed by atoms with E-state index in [1.54, 1.807) is 6.20 Å². The molecule has 1 fully saturated rings. The summed E-state index contributed by atoms with van der Waals surface area (Å²) < 4.78 is 10.3. The van der Waals surface area contributed by atoms with Crippen molar-refractivity contribution in [2.75, 3.05) is 25.1 Å². The Hall–Kier alpha value is -1.40. The minimum absolute atomic E-state index is 0.203. The number of anilines is 1. The van der Waals surface area contributed by atoms with E-state index < -0.39 is 6.10 Å². The Morgan fingerprint density at radius 1 is 1.64 bits per heavy atom. The van der Waals surface area contributed by atoms with Crippen molar-refractivity contribution < 1.29 is 14.3 Å². The van der Waals surface area contributed by atoms with Crippen LogP contribution in [0.2, 0.25) is 0 Å². The maximum absolute atomic E-state index is 11.5. The lowest BCUT2D eigenvalue weighted by Crippen LogP contribution is -2.38. The van der Waals surface area contributed by atoms with Crippen LogP contribution in [0, 0.1) is 0 Å². The van der Waals surface area contributed by atoms with Crippen LogP contribution < -0.4 is 5.32 Å². The molecule has 1 aliphatic heterocycles. The first kappa shape index (κ1) is 9.17. The fourth-order valence-electron chi connectivity index (χ4n) is 1.18. The number of carbonyl (C=O) groups is 1. The Bertz CT molecular complexity index is 293. The Morgan fingerprint density at radius 2 is 2.57 bits per heavy atom. The van der Waals surface area contributed by atoms with Crippen LogP contribution in [-0.4, -0.2) is 42.0 Å². The van der Waals surface area contributed by atoms with Crippen LogP contribution in [0.3, 0.4) is 0 Å². The Labute approximate surface area is 80.6 Å². The van der Waals surface area contributed by atoms with Crippen LogP contribution in [0.1, 0.15) is 0 Å². The molecule has 1 aliphatic rings. The minimum Gasteiger partial charge on any atom is -0.376 e. The van der Waals surface area contributed by atoms with Crippen LogP contribution in [0.5, 0.6) is 0 Å². The number of nitrogens with one attached hydrogen (secondary N) is 2. The van der Waals surface area contributed by atoms with Gasteiger partial charge in [-0.15, -0.1) is 0 Å². The Morgan fingerprint density at radius 3 is 3.21 bits per heavy atom. The van der Waals surface area contributed by atoms with E-state index in [1.807, 2.05) is 0 Å². The second-order valence-electron chi connectivity index (χ2n) is 2.91. The van der Waals surface area contributed by atoms with Gasteiger partial charge in [-0.25, -0.2) is 0 Å². The van der Waals surface area contributed by atoms with Crippen LogP contribution >= 0.6 is 0 Å². The van der Waals surface area contributed by atoms with Gasteiger partial charge in [-0.05, 0) is 0 Å². The van der Waals surface area contributed by atoms with E-state index in [4.69, 9.17) is 9.47 Å². The lowest BCUT2D eigenvalue weighted by atomic mass is 10.3. The number of nitrogens with zero attached hydrogens (tertiary/aromatic N) is 1. The topological polar surface area (TPSA) is 76.2 Å². The van der Waals surface area contributed by atoms with Crippen LogP contribution in [0.25, 0.3) is 0 Å². The van der Waals surface area contributed by atoms with E-state index in [1.165, 1.54) is 6.20 Å². The van der Waals surface area contributed by atoms with E-state index in [9.17, 15) is 4.79 Å². The Kier molecular flexibility index (Phi) is 2.76. The first-order valence-corrected chi connectivity index (χ1v) is 4.35. The molecule has 0 bridgehead atoms. The third-order valence-corrected chi connectivity index (χ3v) is 1.87. The molecule has 0 saturated carbocycles. The van der Waals surface area contributed by atoms with Gasteiger partial charge >= 0.3 is 0 Å². The number of hydrogen-bond donors (Lipinski definition) is 2. The molecule has 76 valence electrons. The minimum atomic E-state index is -0.515. The number of aromatic nitrogens is 2. The highest BCUT2D eigenvalue weighted by molar-refractivity contribution is 5.94. The zero-order valence-corrected chi connectivity index (χ0v) is 7.53. The van der Waals surface area contributed by atoms with Crippen LogP contribution in [-0.2, 0) is 14.3 Å². The average Bonchev–Trinajstić information content (AvgIpc) is 2.72. The molecule has 0 radical (unpaired) electrons. The molecular formula is C8H11N3O3. The summed E-state index contributed by atoms with van der Waals surface area (Å²) in [6.07, 6.45) is 2.61. The molecule has 2 heterocycles. The number of hydrogen-bond acceptors (Lipinski definition) is 4. The number of carbonyl (C=O) groups excluding carboxylic acids is 1. The summed E-state index contributed by atoms with van der Waals surface area (Å²) in [6.45, 7) is 1.32. The highest BCUT2D eigenvalue weighted by atomic mass is 16.6. The summed E-state index contributed by atoms with van der Waals surface area (Å²) in [5.74, 6) is -0.203. The Balaban J connectivity index is 1.88. The molecule has 1 unspecified atom stereocenters. The average molecular weight is 197 g/mol. The van der Waals surface area contributed by atoms with Gasteiger partial charge in [0, 0.05) is 6.20 Å². The van der Waals surface area contributed by atoms with Gasteiger partial charge in [-0.2, -0.15) is 5.10 Å². The highest BCUT2D eigenvalue weighted by Crippen LogP contribution is 2.06. The summed E-state index contributed by atoms with van der Waals surface area (Å²) in [4.78, 5) is 11.5. The quantitative estimate of drug-likeness (QED) is 0.686. The van der Waals surface area contributed by atoms with Gasteiger partial charge < -0.3 is 14.8 Å². The lowest BCUT2D eigenvalue weighted by molar-refractivity contribution is -0.142. The normalized spacial score (nSPS) is 21.9. The molecule has 6 nitrogen and oxygen atoms in total. The van der Waals surface area contributed by atoms with Crippen LogP contribution in [0.4, 0.5) is 5.69 Å². The van der Waals surface area contributed by atoms with Gasteiger partial charge in [0.25, 0.3) is 5.91 Å². The molecule has 1 atom stereocenters. The molecular weight excluding hydrogens is 186 g/mol. The monoisotopic (exact) mass is 197 g/mol. The summed E-state index contributed by atoms with van der Waals surface area (Å²) in [6, 6.07) is 0. The van der Waals surface area contributed by atoms with Crippen molar-refractivity contribution in [1.82, 2.24) is 10.2 Å². The molecule has 2 N–H and O–H groups in total. The van der Waals surface area contributed by atoms with Gasteiger partial charge in [-0.3, -0.25) is 9.89 Å². The third kappa shape index (κ3) is 2.09. The van der Waals surface area contributed by atoms with Crippen molar-refractivity contribution in [2.24, 2.45) is 0 Å². The van der Waals surface area contributed by atoms with E-state index in [0.717, 1.165) is 0 Å². The second kappa shape index (κ2) is 4.21. The van der Waals surface area contributed by atoms with Gasteiger partial charge in [-0.1, -0.05) is 0 Å². The van der Waals surface area contributed by atoms with Crippen molar-refractivity contribution in [1.29, 1.82) is 0 Å². The highest BCUT2D eigenvalue weighted by Gasteiger charge is 2.22. The SMILES string of the molecule is O=C(Nc1cn[nH]c1)C1COCCO1. The summed E-state index contributed by atoms with van der Waals surface area (Å²) in [5, 5.41) is 8.96. The smallest absolute Gasteiger partial charge is 0.256 e. The van der Waals surface area contributed by atoms with Crippen molar-refractivity contribution in [3.63, 3.8) is 0 Å². The summed E-state index contributed by atoms with van der Waals surface area (Å²) >= 11 is 0. The van der Waals surface area contributed by atoms with Gasteiger partial charge in [0.1, 0.15) is 0 Å². The fraction of sp³-hybridized carbons (Fsp3) is 0.500. The predicted molar refractivity (Wildman–Crippen MR) is 47.8 cm³/mol. The molecule has 1 saturated heterocycles. The number of ether oxygens (including phenoxy) is 2. The summed E-state index contributed by atoms with van der Waals surface area (Å²) in [5.41, 5.74) is 0.629. The first-order valence-electron chi connectivity index (χ1n) is 4.35. The van der Waals surface area contributed by atoms with E-state index >= 15 is 0 Å². The second-order valence-corrected chi connectivity index (χ2v) is 2.91. The standard InChI is InChI=1S/C8H11N3O3/c12-8(7-5-13-1-2-14-7)11-6-3-9-10-4-6/h3-4,7H,1-2,5H2,(H,9,10)(H,11,12). The van der Waals surface area contributed by atoms with Crippen molar-refractivity contribution >= 4 is 11.6 Å². The fourth-order valence-corrected chi connectivity index (χ4v) is 1.18. The molecule has 1 aromatic heterocycles. The number of aromatic amines is 1. The zero-order valence-electron chi connectivity index (χ0n) is 7.53. The molecule has 0 spiro atoms. The maximum atomic E-state index is 11.5. The molecule has 1 amide bonds. The zero-order chi connectivity index (χ0) is 9.80. The molecule has 1 aromatic rings. The number of amides is 1. The van der Waals surface area contributed by atoms with E-state index in [0.29, 0.717) is 25.5 Å². The van der Waals surface area contributed by atoms with Gasteiger partial charge in [0.2, 0.25) is 0 Å². The summed E-state index contributed by atoms with van der Waals surface area (Å²) in [7, 11) is 0. The molecule has 14 heavy (non-hydrogen) atoms. The van der Waals surface area contributed by atoms with E-state index in [-0.39, 0.29) is 5.91 Å². The lowest BCUT2D eigenvalue weighted by Gasteiger charge is -2.21. The first-order chi connectivity index (χ1) is 6.86. The molecule has 0 aromatic carbocycles. The maximum Gasteiger partial charge on any atom is 0.256 e. The molecule has 0 aliphatic carbocycles. The van der Waals surface area contributed by atoms with Gasteiger partial charge in [0.15, 0.2) is 6.10 Å². The number of H-pyrrole nitrogens is 1. The van der Waals surface area contributed by atoms with Crippen molar-refractivity contribution in [3.05, 3.63) is 12.4 Å². The molecule has 6 heteroatoms. The molecule has 2 rings (SSSR count). The van der Waals surface area contributed by atoms with E-state index in [2.05, 4.69) is 15.5 Å². The van der Waals surface area contributed by atoms with Gasteiger partial charge in [0.05, 0.1) is 31.7 Å². The van der Waals surface area contributed by atoms with Crippen LogP contribution in [0.15, 0.2) is 12.4 Å². The predicted octanol–water partition coefficient (Wildman–Crippen LogP) is -0.236. The largest absolute Gasteiger partial charge is 0.376 e.